The van der Waals surface area contributed by atoms with Gasteiger partial charge in [0.05, 0.1) is 12.6 Å². The smallest absolute Gasteiger partial charge is 0.407 e. The molecule has 2 unspecified atom stereocenters. The second kappa shape index (κ2) is 11.9. The number of alkyl carbamates (subject to hydrolysis) is 1. The fourth-order valence-electron chi connectivity index (χ4n) is 3.73. The Balaban J connectivity index is 2.08. The standard InChI is InChI=1S/C25H37N3O5/c1-16(2)21(28-24(32)33-15-25(3,4)5)20(29)12-19-8-6-7-17-11-18(14-26-13-17)9-10-27-23(31)22(19)30/h11,13-14,16,19,21H,6-10,12,15H2,1-5H3,(H,27,31)(H,28,32). The van der Waals surface area contributed by atoms with Crippen LogP contribution in [0.2, 0.25) is 0 Å². The van der Waals surface area contributed by atoms with Crippen LogP contribution in [0.4, 0.5) is 4.79 Å². The van der Waals surface area contributed by atoms with Crippen LogP contribution in [0.15, 0.2) is 18.5 Å². The molecule has 1 aromatic rings. The van der Waals surface area contributed by atoms with Gasteiger partial charge in [-0.1, -0.05) is 40.7 Å². The average molecular weight is 460 g/mol. The van der Waals surface area contributed by atoms with Crippen molar-refractivity contribution in [3.63, 3.8) is 0 Å². The lowest BCUT2D eigenvalue weighted by molar-refractivity contribution is -0.141. The van der Waals surface area contributed by atoms with E-state index in [2.05, 4.69) is 21.7 Å². The van der Waals surface area contributed by atoms with E-state index < -0.39 is 29.7 Å². The molecule has 8 heteroatoms. The normalized spacial score (nSPS) is 18.5. The third kappa shape index (κ3) is 8.94. The summed E-state index contributed by atoms with van der Waals surface area (Å²) in [6.45, 7) is 10.0. The molecule has 2 bridgehead atoms. The Morgan fingerprint density at radius 3 is 2.48 bits per heavy atom. The number of hydrogen-bond acceptors (Lipinski definition) is 6. The molecule has 2 atom stereocenters. The number of fused-ring (bicyclic) bond motifs is 2. The second-order valence-corrected chi connectivity index (χ2v) is 10.3. The number of ether oxygens (including phenoxy) is 1. The zero-order chi connectivity index (χ0) is 24.6. The Hall–Kier alpha value is -2.77. The highest BCUT2D eigenvalue weighted by atomic mass is 16.5. The lowest BCUT2D eigenvalue weighted by atomic mass is 9.86. The van der Waals surface area contributed by atoms with Crippen molar-refractivity contribution in [1.82, 2.24) is 15.6 Å². The summed E-state index contributed by atoms with van der Waals surface area (Å²) in [5.74, 6) is -2.45. The summed E-state index contributed by atoms with van der Waals surface area (Å²) in [5.41, 5.74) is 1.88. The summed E-state index contributed by atoms with van der Waals surface area (Å²) < 4.78 is 5.24. The van der Waals surface area contributed by atoms with Gasteiger partial charge in [0.1, 0.15) is 0 Å². The number of amides is 2. The predicted molar refractivity (Wildman–Crippen MR) is 125 cm³/mol. The maximum absolute atomic E-state index is 13.1. The fourth-order valence-corrected chi connectivity index (χ4v) is 3.73. The number of Topliss-reactive ketones (excluding diaryl/α,β-unsaturated/α-hetero) is 2. The van der Waals surface area contributed by atoms with Crippen molar-refractivity contribution in [3.8, 4) is 0 Å². The topological polar surface area (TPSA) is 114 Å². The van der Waals surface area contributed by atoms with Gasteiger partial charge in [0.25, 0.3) is 5.91 Å². The highest BCUT2D eigenvalue weighted by Gasteiger charge is 2.32. The molecular formula is C25H37N3O5. The van der Waals surface area contributed by atoms with Crippen molar-refractivity contribution in [2.24, 2.45) is 17.3 Å². The zero-order valence-electron chi connectivity index (χ0n) is 20.4. The van der Waals surface area contributed by atoms with Gasteiger partial charge in [-0.3, -0.25) is 19.4 Å². The minimum atomic E-state index is -0.796. The molecule has 33 heavy (non-hydrogen) atoms. The Labute approximate surface area is 196 Å². The highest BCUT2D eigenvalue weighted by molar-refractivity contribution is 6.37. The molecule has 0 radical (unpaired) electrons. The van der Waals surface area contributed by atoms with Crippen molar-refractivity contribution in [1.29, 1.82) is 0 Å². The van der Waals surface area contributed by atoms with Crippen LogP contribution in [-0.2, 0) is 32.0 Å². The molecule has 0 aliphatic carbocycles. The number of aryl methyl sites for hydroxylation is 1. The van der Waals surface area contributed by atoms with E-state index in [1.54, 1.807) is 12.4 Å². The van der Waals surface area contributed by atoms with Crippen molar-refractivity contribution in [2.45, 2.75) is 72.8 Å². The van der Waals surface area contributed by atoms with Crippen molar-refractivity contribution >= 4 is 23.6 Å². The summed E-state index contributed by atoms with van der Waals surface area (Å²) in [6.07, 6.45) is 5.15. The number of aromatic nitrogens is 1. The number of rotatable bonds is 6. The first-order chi connectivity index (χ1) is 15.5. The summed E-state index contributed by atoms with van der Waals surface area (Å²) in [7, 11) is 0. The Morgan fingerprint density at radius 1 is 1.18 bits per heavy atom. The number of nitrogens with one attached hydrogen (secondary N) is 2. The van der Waals surface area contributed by atoms with E-state index in [1.807, 2.05) is 34.6 Å². The van der Waals surface area contributed by atoms with E-state index in [1.165, 1.54) is 0 Å². The number of ketones is 2. The van der Waals surface area contributed by atoms with Gasteiger partial charge in [0, 0.05) is 31.3 Å². The van der Waals surface area contributed by atoms with E-state index in [-0.39, 0.29) is 30.1 Å². The first-order valence-corrected chi connectivity index (χ1v) is 11.7. The molecule has 2 rings (SSSR count). The van der Waals surface area contributed by atoms with Gasteiger partial charge in [0.2, 0.25) is 5.78 Å². The summed E-state index contributed by atoms with van der Waals surface area (Å²) >= 11 is 0. The fraction of sp³-hybridized carbons (Fsp3) is 0.640. The molecule has 0 spiro atoms. The lowest BCUT2D eigenvalue weighted by Gasteiger charge is -2.24. The minimum Gasteiger partial charge on any atom is -0.449 e. The van der Waals surface area contributed by atoms with Gasteiger partial charge in [-0.05, 0) is 48.1 Å². The van der Waals surface area contributed by atoms with Crippen LogP contribution in [0.1, 0.15) is 65.0 Å². The monoisotopic (exact) mass is 459 g/mol. The molecular weight excluding hydrogens is 422 g/mol. The molecule has 2 amide bonds. The molecule has 2 N–H and O–H groups in total. The molecule has 2 heterocycles. The van der Waals surface area contributed by atoms with Gasteiger partial charge in [-0.2, -0.15) is 0 Å². The molecule has 0 saturated heterocycles. The van der Waals surface area contributed by atoms with Crippen LogP contribution < -0.4 is 10.6 Å². The predicted octanol–water partition coefficient (Wildman–Crippen LogP) is 3.02. The summed E-state index contributed by atoms with van der Waals surface area (Å²) in [5, 5.41) is 5.31. The van der Waals surface area contributed by atoms with E-state index in [4.69, 9.17) is 4.74 Å². The van der Waals surface area contributed by atoms with Crippen LogP contribution in [0.3, 0.4) is 0 Å². The Kier molecular flexibility index (Phi) is 9.56. The average Bonchev–Trinajstić information content (AvgIpc) is 2.73. The molecule has 0 fully saturated rings. The quantitative estimate of drug-likeness (QED) is 0.632. The molecule has 0 saturated carbocycles. The third-order valence-corrected chi connectivity index (χ3v) is 5.53. The Bertz CT molecular complexity index is 860. The molecule has 1 aliphatic heterocycles. The van der Waals surface area contributed by atoms with Gasteiger partial charge < -0.3 is 15.4 Å². The van der Waals surface area contributed by atoms with Crippen molar-refractivity contribution in [3.05, 3.63) is 29.6 Å². The van der Waals surface area contributed by atoms with Crippen LogP contribution >= 0.6 is 0 Å². The molecule has 1 aromatic heterocycles. The number of pyridine rings is 1. The highest BCUT2D eigenvalue weighted by Crippen LogP contribution is 2.20. The largest absolute Gasteiger partial charge is 0.449 e. The van der Waals surface area contributed by atoms with Crippen molar-refractivity contribution < 1.29 is 23.9 Å². The third-order valence-electron chi connectivity index (χ3n) is 5.53. The van der Waals surface area contributed by atoms with Crippen LogP contribution in [0.25, 0.3) is 0 Å². The van der Waals surface area contributed by atoms with Gasteiger partial charge in [-0.15, -0.1) is 0 Å². The lowest BCUT2D eigenvalue weighted by Crippen LogP contribution is -2.46. The van der Waals surface area contributed by atoms with Gasteiger partial charge >= 0.3 is 6.09 Å². The maximum Gasteiger partial charge on any atom is 0.407 e. The number of hydrogen-bond donors (Lipinski definition) is 2. The summed E-state index contributed by atoms with van der Waals surface area (Å²) in [6, 6.07) is 1.26. The maximum atomic E-state index is 13.1. The van der Waals surface area contributed by atoms with Gasteiger partial charge in [-0.25, -0.2) is 4.79 Å². The Morgan fingerprint density at radius 2 is 1.85 bits per heavy atom. The number of carbonyl (C=O) groups is 4. The van der Waals surface area contributed by atoms with Crippen LogP contribution in [0.5, 0.6) is 0 Å². The molecule has 1 aliphatic rings. The first-order valence-electron chi connectivity index (χ1n) is 11.7. The van der Waals surface area contributed by atoms with E-state index in [0.717, 1.165) is 11.1 Å². The summed E-state index contributed by atoms with van der Waals surface area (Å²) in [4.78, 5) is 54.8. The van der Waals surface area contributed by atoms with Crippen molar-refractivity contribution in [2.75, 3.05) is 13.2 Å². The van der Waals surface area contributed by atoms with Crippen LogP contribution in [-0.4, -0.2) is 47.7 Å². The molecule has 8 nitrogen and oxygen atoms in total. The second-order valence-electron chi connectivity index (χ2n) is 10.3. The zero-order valence-corrected chi connectivity index (χ0v) is 20.4. The first kappa shape index (κ1) is 26.5. The van der Waals surface area contributed by atoms with Gasteiger partial charge in [0.15, 0.2) is 5.78 Å². The van der Waals surface area contributed by atoms with E-state index in [9.17, 15) is 19.2 Å². The number of nitrogens with zero attached hydrogens (tertiary/aromatic N) is 1. The van der Waals surface area contributed by atoms with E-state index >= 15 is 0 Å². The number of carbonyl (C=O) groups excluding carboxylic acids is 4. The SMILES string of the molecule is CC(C)C(NC(=O)OCC(C)(C)C)C(=O)CC1CCCc2cncc(c2)CCNC(=O)C1=O. The van der Waals surface area contributed by atoms with E-state index in [0.29, 0.717) is 32.2 Å². The molecule has 182 valence electrons. The van der Waals surface area contributed by atoms with Crippen LogP contribution in [0, 0.1) is 17.3 Å². The minimum absolute atomic E-state index is 0.104. The molecule has 0 aromatic carbocycles.